The zero-order chi connectivity index (χ0) is 14.0. The molecule has 0 aliphatic carbocycles. The van der Waals surface area contributed by atoms with Gasteiger partial charge in [0.1, 0.15) is 10.3 Å². The number of hydrogen-bond acceptors (Lipinski definition) is 2. The van der Waals surface area contributed by atoms with Gasteiger partial charge in [0.15, 0.2) is 0 Å². The van der Waals surface area contributed by atoms with Gasteiger partial charge in [-0.3, -0.25) is 4.79 Å². The molecule has 7 heteroatoms. The van der Waals surface area contributed by atoms with E-state index in [2.05, 4.69) is 20.9 Å². The van der Waals surface area contributed by atoms with Crippen molar-refractivity contribution in [3.05, 3.63) is 28.5 Å². The summed E-state index contributed by atoms with van der Waals surface area (Å²) in [7, 11) is 0. The molecular weight excluding hydrogens is 325 g/mol. The molecular formula is C12H12BrF3N2O. The molecule has 1 aromatic rings. The van der Waals surface area contributed by atoms with Crippen LogP contribution in [0, 0.1) is 5.92 Å². The van der Waals surface area contributed by atoms with Crippen LogP contribution in [0.5, 0.6) is 0 Å². The Morgan fingerprint density at radius 1 is 1.32 bits per heavy atom. The third-order valence-corrected chi connectivity index (χ3v) is 3.62. The second kappa shape index (κ2) is 5.48. The molecule has 19 heavy (non-hydrogen) atoms. The minimum atomic E-state index is -4.16. The number of aromatic nitrogens is 1. The minimum absolute atomic E-state index is 0.0384. The number of alkyl halides is 3. The summed E-state index contributed by atoms with van der Waals surface area (Å²) in [5.41, 5.74) is 0.250. The van der Waals surface area contributed by atoms with E-state index in [1.54, 1.807) is 18.2 Å². The molecule has 1 fully saturated rings. The highest BCUT2D eigenvalue weighted by atomic mass is 79.9. The van der Waals surface area contributed by atoms with E-state index in [-0.39, 0.29) is 37.5 Å². The van der Waals surface area contributed by atoms with E-state index in [4.69, 9.17) is 0 Å². The van der Waals surface area contributed by atoms with Crippen LogP contribution in [-0.4, -0.2) is 35.1 Å². The Labute approximate surface area is 116 Å². The van der Waals surface area contributed by atoms with Crippen LogP contribution in [0.1, 0.15) is 23.3 Å². The Hall–Kier alpha value is -1.11. The molecule has 0 atom stereocenters. The first-order valence-corrected chi connectivity index (χ1v) is 6.66. The van der Waals surface area contributed by atoms with Gasteiger partial charge in [-0.25, -0.2) is 4.98 Å². The topological polar surface area (TPSA) is 33.2 Å². The molecule has 0 aromatic carbocycles. The van der Waals surface area contributed by atoms with Gasteiger partial charge in [0.05, 0.1) is 5.92 Å². The predicted octanol–water partition coefficient (Wildman–Crippen LogP) is 3.26. The molecule has 0 N–H and O–H groups in total. The molecule has 0 unspecified atom stereocenters. The maximum atomic E-state index is 12.5. The molecule has 104 valence electrons. The number of hydrogen-bond donors (Lipinski definition) is 0. The molecule has 1 aliphatic rings. The molecule has 1 saturated heterocycles. The molecule has 2 heterocycles. The third-order valence-electron chi connectivity index (χ3n) is 3.18. The van der Waals surface area contributed by atoms with E-state index in [1.165, 1.54) is 4.90 Å². The summed E-state index contributed by atoms with van der Waals surface area (Å²) in [6.07, 6.45) is -4.24. The predicted molar refractivity (Wildman–Crippen MR) is 66.6 cm³/mol. The number of nitrogens with zero attached hydrogens (tertiary/aromatic N) is 2. The fraction of sp³-hybridized carbons (Fsp3) is 0.500. The zero-order valence-corrected chi connectivity index (χ0v) is 11.5. The average molecular weight is 337 g/mol. The summed E-state index contributed by atoms with van der Waals surface area (Å²) in [6.45, 7) is 0.244. The standard InChI is InChI=1S/C12H12BrF3N2O/c13-10-3-1-2-9(17-10)11(19)18-6-4-8(5-7-18)12(14,15)16/h1-3,8H,4-7H2. The molecule has 1 aliphatic heterocycles. The van der Waals surface area contributed by atoms with Crippen molar-refractivity contribution in [3.8, 4) is 0 Å². The van der Waals surface area contributed by atoms with Gasteiger partial charge in [0.2, 0.25) is 0 Å². The quantitative estimate of drug-likeness (QED) is 0.737. The van der Waals surface area contributed by atoms with Gasteiger partial charge in [-0.15, -0.1) is 0 Å². The van der Waals surface area contributed by atoms with Crippen LogP contribution in [0.4, 0.5) is 13.2 Å². The van der Waals surface area contributed by atoms with Gasteiger partial charge >= 0.3 is 6.18 Å². The van der Waals surface area contributed by atoms with Gasteiger partial charge in [-0.1, -0.05) is 6.07 Å². The van der Waals surface area contributed by atoms with Crippen molar-refractivity contribution in [2.45, 2.75) is 19.0 Å². The second-order valence-electron chi connectivity index (χ2n) is 4.45. The maximum absolute atomic E-state index is 12.5. The summed E-state index contributed by atoms with van der Waals surface area (Å²) < 4.78 is 38.1. The number of rotatable bonds is 1. The van der Waals surface area contributed by atoms with Crippen LogP contribution in [-0.2, 0) is 0 Å². The van der Waals surface area contributed by atoms with E-state index in [0.29, 0.717) is 4.60 Å². The van der Waals surface area contributed by atoms with Crippen LogP contribution in [0.25, 0.3) is 0 Å². The molecule has 1 amide bonds. The lowest BCUT2D eigenvalue weighted by molar-refractivity contribution is -0.183. The minimum Gasteiger partial charge on any atom is -0.337 e. The Morgan fingerprint density at radius 3 is 2.47 bits per heavy atom. The van der Waals surface area contributed by atoms with Crippen molar-refractivity contribution in [2.24, 2.45) is 5.92 Å². The smallest absolute Gasteiger partial charge is 0.337 e. The molecule has 0 bridgehead atoms. The van der Waals surface area contributed by atoms with Crippen molar-refractivity contribution in [3.63, 3.8) is 0 Å². The van der Waals surface area contributed by atoms with Gasteiger partial charge < -0.3 is 4.90 Å². The molecule has 3 nitrogen and oxygen atoms in total. The van der Waals surface area contributed by atoms with Crippen molar-refractivity contribution in [1.82, 2.24) is 9.88 Å². The van der Waals surface area contributed by atoms with Gasteiger partial charge in [-0.05, 0) is 40.9 Å². The van der Waals surface area contributed by atoms with Crippen molar-refractivity contribution < 1.29 is 18.0 Å². The largest absolute Gasteiger partial charge is 0.391 e. The third kappa shape index (κ3) is 3.46. The van der Waals surface area contributed by atoms with Crippen molar-refractivity contribution in [2.75, 3.05) is 13.1 Å². The normalized spacial score (nSPS) is 17.6. The summed E-state index contributed by atoms with van der Waals surface area (Å²) in [4.78, 5) is 17.5. The van der Waals surface area contributed by atoms with Crippen LogP contribution >= 0.6 is 15.9 Å². The van der Waals surface area contributed by atoms with Crippen LogP contribution in [0.3, 0.4) is 0 Å². The Kier molecular flexibility index (Phi) is 4.13. The first-order valence-electron chi connectivity index (χ1n) is 5.86. The first kappa shape index (κ1) is 14.3. The fourth-order valence-corrected chi connectivity index (χ4v) is 2.44. The van der Waals surface area contributed by atoms with E-state index in [0.717, 1.165) is 0 Å². The second-order valence-corrected chi connectivity index (χ2v) is 5.27. The van der Waals surface area contributed by atoms with Gasteiger partial charge in [-0.2, -0.15) is 13.2 Å². The molecule has 1 aromatic heterocycles. The van der Waals surface area contributed by atoms with Crippen LogP contribution in [0.15, 0.2) is 22.8 Å². The number of carbonyl (C=O) groups is 1. The average Bonchev–Trinajstić information content (AvgIpc) is 2.37. The SMILES string of the molecule is O=C(c1cccc(Br)n1)N1CCC(C(F)(F)F)CC1. The van der Waals surface area contributed by atoms with Crippen molar-refractivity contribution >= 4 is 21.8 Å². The lowest BCUT2D eigenvalue weighted by atomic mass is 9.96. The number of halogens is 4. The van der Waals surface area contributed by atoms with E-state index < -0.39 is 12.1 Å². The highest BCUT2D eigenvalue weighted by Crippen LogP contribution is 2.34. The number of piperidine rings is 1. The van der Waals surface area contributed by atoms with Crippen LogP contribution in [0.2, 0.25) is 0 Å². The number of amides is 1. The van der Waals surface area contributed by atoms with Gasteiger partial charge in [0, 0.05) is 13.1 Å². The van der Waals surface area contributed by atoms with E-state index in [1.807, 2.05) is 0 Å². The lowest BCUT2D eigenvalue weighted by Crippen LogP contribution is -2.42. The Balaban J connectivity index is 2.00. The summed E-state index contributed by atoms with van der Waals surface area (Å²) in [5, 5.41) is 0. The van der Waals surface area contributed by atoms with E-state index >= 15 is 0 Å². The highest BCUT2D eigenvalue weighted by molar-refractivity contribution is 9.10. The van der Waals surface area contributed by atoms with E-state index in [9.17, 15) is 18.0 Å². The monoisotopic (exact) mass is 336 g/mol. The fourth-order valence-electron chi connectivity index (χ4n) is 2.10. The lowest BCUT2D eigenvalue weighted by Gasteiger charge is -2.32. The number of carbonyl (C=O) groups excluding carboxylic acids is 1. The number of likely N-dealkylation sites (tertiary alicyclic amines) is 1. The Bertz CT molecular complexity index is 470. The molecule has 0 spiro atoms. The Morgan fingerprint density at radius 2 is 1.95 bits per heavy atom. The summed E-state index contributed by atoms with van der Waals surface area (Å²) in [6, 6.07) is 4.92. The van der Waals surface area contributed by atoms with Crippen LogP contribution < -0.4 is 0 Å². The van der Waals surface area contributed by atoms with Gasteiger partial charge in [0.25, 0.3) is 5.91 Å². The zero-order valence-electron chi connectivity index (χ0n) is 9.95. The first-order chi connectivity index (χ1) is 8.88. The molecule has 2 rings (SSSR count). The summed E-state index contributed by atoms with van der Waals surface area (Å²) in [5.74, 6) is -1.62. The molecule has 0 saturated carbocycles. The van der Waals surface area contributed by atoms with Crippen molar-refractivity contribution in [1.29, 1.82) is 0 Å². The molecule has 0 radical (unpaired) electrons. The summed E-state index contributed by atoms with van der Waals surface area (Å²) >= 11 is 3.16. The highest BCUT2D eigenvalue weighted by Gasteiger charge is 2.41. The number of pyridine rings is 1. The maximum Gasteiger partial charge on any atom is 0.391 e.